The van der Waals surface area contributed by atoms with Gasteiger partial charge in [-0.15, -0.1) is 0 Å². The van der Waals surface area contributed by atoms with E-state index in [2.05, 4.69) is 15.5 Å². The Labute approximate surface area is 150 Å². The molecule has 5 rings (SSSR count). The molecule has 26 heavy (non-hydrogen) atoms. The summed E-state index contributed by atoms with van der Waals surface area (Å²) in [5.74, 6) is 0.627. The largest absolute Gasteiger partial charge is 0.325 e. The van der Waals surface area contributed by atoms with Crippen LogP contribution in [0.1, 0.15) is 18.4 Å². The van der Waals surface area contributed by atoms with Crippen LogP contribution in [0.15, 0.2) is 59.1 Å². The van der Waals surface area contributed by atoms with Crippen LogP contribution in [0.4, 0.5) is 11.7 Å². The van der Waals surface area contributed by atoms with Crippen LogP contribution in [0.25, 0.3) is 11.4 Å². The molecule has 2 aliphatic rings. The molecule has 2 aromatic carbocycles. The number of piperidine rings is 1. The number of carbonyl (C=O) groups excluding carboxylic acids is 1. The van der Waals surface area contributed by atoms with Crippen LogP contribution in [-0.4, -0.2) is 29.1 Å². The van der Waals surface area contributed by atoms with Crippen LogP contribution in [-0.2, 0) is 10.2 Å². The second-order valence-corrected chi connectivity index (χ2v) is 6.87. The number of fused-ring (bicyclic) bond motifs is 2. The Hall–Kier alpha value is -3.15. The lowest BCUT2D eigenvalue weighted by molar-refractivity contribution is -0.121. The Balaban J connectivity index is 1.47. The first-order chi connectivity index (χ1) is 12.8. The zero-order valence-corrected chi connectivity index (χ0v) is 14.2. The Morgan fingerprint density at radius 2 is 1.88 bits per heavy atom. The fourth-order valence-corrected chi connectivity index (χ4v) is 4.05. The number of hydrogen-bond donors (Lipinski definition) is 1. The molecule has 2 aliphatic heterocycles. The van der Waals surface area contributed by atoms with Crippen molar-refractivity contribution in [3.8, 4) is 11.4 Å². The van der Waals surface area contributed by atoms with Gasteiger partial charge in [-0.3, -0.25) is 4.79 Å². The molecule has 1 spiro atoms. The van der Waals surface area contributed by atoms with Crippen molar-refractivity contribution >= 4 is 17.6 Å². The van der Waals surface area contributed by atoms with Crippen molar-refractivity contribution in [2.75, 3.05) is 23.3 Å². The first kappa shape index (κ1) is 15.1. The van der Waals surface area contributed by atoms with Gasteiger partial charge in [0.05, 0.1) is 5.41 Å². The van der Waals surface area contributed by atoms with Crippen LogP contribution in [0.5, 0.6) is 0 Å². The highest BCUT2D eigenvalue weighted by Gasteiger charge is 2.49. The molecule has 1 aromatic heterocycles. The van der Waals surface area contributed by atoms with Crippen molar-refractivity contribution in [1.82, 2.24) is 10.1 Å². The molecule has 1 atom stereocenters. The number of benzene rings is 2. The van der Waals surface area contributed by atoms with Crippen molar-refractivity contribution in [2.24, 2.45) is 0 Å². The van der Waals surface area contributed by atoms with Crippen LogP contribution in [0.3, 0.4) is 0 Å². The Bertz CT molecular complexity index is 969. The summed E-state index contributed by atoms with van der Waals surface area (Å²) in [7, 11) is 0. The number of hydrogen-bond acceptors (Lipinski definition) is 5. The molecule has 0 saturated carbocycles. The number of nitrogens with zero attached hydrogens (tertiary/aromatic N) is 3. The third kappa shape index (κ3) is 2.22. The van der Waals surface area contributed by atoms with Crippen molar-refractivity contribution in [3.63, 3.8) is 0 Å². The Morgan fingerprint density at radius 3 is 2.77 bits per heavy atom. The number of nitrogens with one attached hydrogen (secondary N) is 1. The van der Waals surface area contributed by atoms with Crippen molar-refractivity contribution in [1.29, 1.82) is 0 Å². The van der Waals surface area contributed by atoms with Gasteiger partial charge in [-0.1, -0.05) is 53.7 Å². The number of rotatable bonds is 2. The molecule has 1 N–H and O–H groups in total. The minimum atomic E-state index is -0.545. The van der Waals surface area contributed by atoms with Crippen molar-refractivity contribution in [2.45, 2.75) is 18.3 Å². The second kappa shape index (κ2) is 5.69. The Morgan fingerprint density at radius 1 is 1.08 bits per heavy atom. The molecular weight excluding hydrogens is 328 g/mol. The third-order valence-electron chi connectivity index (χ3n) is 5.34. The number of aromatic nitrogens is 2. The summed E-state index contributed by atoms with van der Waals surface area (Å²) in [5.41, 5.74) is 2.35. The van der Waals surface area contributed by atoms with Gasteiger partial charge in [0.25, 0.3) is 0 Å². The molecular formula is C20H18N4O2. The van der Waals surface area contributed by atoms with E-state index < -0.39 is 5.41 Å². The lowest BCUT2D eigenvalue weighted by Crippen LogP contribution is -2.50. The zero-order valence-electron chi connectivity index (χ0n) is 14.2. The summed E-state index contributed by atoms with van der Waals surface area (Å²) in [6, 6.07) is 18.2. The van der Waals surface area contributed by atoms with E-state index in [-0.39, 0.29) is 5.91 Å². The van der Waals surface area contributed by atoms with E-state index in [0.29, 0.717) is 18.4 Å². The minimum absolute atomic E-state index is 0.0613. The van der Waals surface area contributed by atoms with Gasteiger partial charge in [-0.25, -0.2) is 0 Å². The van der Waals surface area contributed by atoms with Crippen LogP contribution >= 0.6 is 0 Å². The molecule has 0 radical (unpaired) electrons. The average molecular weight is 346 g/mol. The molecule has 1 amide bonds. The maximum absolute atomic E-state index is 12.8. The van der Waals surface area contributed by atoms with E-state index >= 15 is 0 Å². The standard InChI is InChI=1S/C20H18N4O2/c25-18-20(15-9-4-5-10-16(15)21-18)11-6-12-24(13-20)19-22-17(23-26-19)14-7-2-1-3-8-14/h1-5,7-10H,6,11-13H2,(H,21,25)/t20-/m1/s1. The molecule has 0 aliphatic carbocycles. The average Bonchev–Trinajstić information content (AvgIpc) is 3.28. The fraction of sp³-hybridized carbons (Fsp3) is 0.250. The smallest absolute Gasteiger partial charge is 0.324 e. The lowest BCUT2D eigenvalue weighted by Gasteiger charge is -2.37. The second-order valence-electron chi connectivity index (χ2n) is 6.87. The molecule has 3 aromatic rings. The molecule has 6 heteroatoms. The highest BCUT2D eigenvalue weighted by molar-refractivity contribution is 6.06. The van der Waals surface area contributed by atoms with Crippen LogP contribution in [0, 0.1) is 0 Å². The summed E-state index contributed by atoms with van der Waals surface area (Å²) in [6.07, 6.45) is 1.72. The van der Waals surface area contributed by atoms with Gasteiger partial charge >= 0.3 is 6.01 Å². The van der Waals surface area contributed by atoms with E-state index in [1.54, 1.807) is 0 Å². The summed E-state index contributed by atoms with van der Waals surface area (Å²) < 4.78 is 5.52. The monoisotopic (exact) mass is 346 g/mol. The highest BCUT2D eigenvalue weighted by Crippen LogP contribution is 2.44. The van der Waals surface area contributed by atoms with Crippen LogP contribution < -0.4 is 10.2 Å². The first-order valence-corrected chi connectivity index (χ1v) is 8.81. The van der Waals surface area contributed by atoms with Crippen molar-refractivity contribution < 1.29 is 9.32 Å². The minimum Gasteiger partial charge on any atom is -0.325 e. The van der Waals surface area contributed by atoms with Gasteiger partial charge in [0.1, 0.15) is 0 Å². The maximum Gasteiger partial charge on any atom is 0.324 e. The van der Waals surface area contributed by atoms with E-state index in [9.17, 15) is 4.79 Å². The van der Waals surface area contributed by atoms with Gasteiger partial charge in [0.15, 0.2) is 0 Å². The van der Waals surface area contributed by atoms with Gasteiger partial charge < -0.3 is 14.7 Å². The SMILES string of the molecule is O=C1Nc2ccccc2[C@]12CCCN(c1nc(-c3ccccc3)no1)C2. The first-order valence-electron chi connectivity index (χ1n) is 8.81. The molecule has 1 fully saturated rings. The van der Waals surface area contributed by atoms with E-state index in [1.807, 2.05) is 59.5 Å². The van der Waals surface area contributed by atoms with Gasteiger partial charge in [-0.05, 0) is 24.5 Å². The number of carbonyl (C=O) groups is 1. The summed E-state index contributed by atoms with van der Waals surface area (Å²) >= 11 is 0. The van der Waals surface area contributed by atoms with E-state index in [1.165, 1.54) is 0 Å². The summed E-state index contributed by atoms with van der Waals surface area (Å²) in [4.78, 5) is 19.4. The van der Waals surface area contributed by atoms with E-state index in [4.69, 9.17) is 4.52 Å². The topological polar surface area (TPSA) is 71.3 Å². The predicted octanol–water partition coefficient (Wildman–Crippen LogP) is 3.23. The zero-order chi connectivity index (χ0) is 17.6. The Kier molecular flexibility index (Phi) is 3.31. The molecule has 3 heterocycles. The summed E-state index contributed by atoms with van der Waals surface area (Å²) in [5, 5.41) is 7.14. The lowest BCUT2D eigenvalue weighted by atomic mass is 9.75. The molecule has 6 nitrogen and oxygen atoms in total. The molecule has 0 bridgehead atoms. The number of amides is 1. The predicted molar refractivity (Wildman–Crippen MR) is 97.9 cm³/mol. The van der Waals surface area contributed by atoms with Gasteiger partial charge in [0.2, 0.25) is 11.7 Å². The fourth-order valence-electron chi connectivity index (χ4n) is 4.05. The van der Waals surface area contributed by atoms with E-state index in [0.717, 1.165) is 36.2 Å². The highest BCUT2D eigenvalue weighted by atomic mass is 16.5. The molecule has 130 valence electrons. The maximum atomic E-state index is 12.8. The molecule has 0 unspecified atom stereocenters. The normalized spacial score (nSPS) is 21.7. The quantitative estimate of drug-likeness (QED) is 0.771. The number of para-hydroxylation sites is 1. The third-order valence-corrected chi connectivity index (χ3v) is 5.34. The van der Waals surface area contributed by atoms with Gasteiger partial charge in [-0.2, -0.15) is 4.98 Å². The van der Waals surface area contributed by atoms with Gasteiger partial charge in [0, 0.05) is 24.3 Å². The summed E-state index contributed by atoms with van der Waals surface area (Å²) in [6.45, 7) is 1.35. The number of anilines is 2. The molecule has 1 saturated heterocycles. The van der Waals surface area contributed by atoms with Crippen LogP contribution in [0.2, 0.25) is 0 Å². The van der Waals surface area contributed by atoms with Crippen molar-refractivity contribution in [3.05, 3.63) is 60.2 Å².